The lowest BCUT2D eigenvalue weighted by Gasteiger charge is -2.16. The lowest BCUT2D eigenvalue weighted by Crippen LogP contribution is -2.30. The molecule has 1 heterocycles. The average molecular weight is 411 g/mol. The van der Waals surface area contributed by atoms with Crippen LogP contribution in [0, 0.1) is 11.7 Å². The largest absolute Gasteiger partial charge is 0.348 e. The van der Waals surface area contributed by atoms with Gasteiger partial charge in [-0.15, -0.1) is 0 Å². The Balaban J connectivity index is 1.77. The highest BCUT2D eigenvalue weighted by atomic mass is 35.5. The van der Waals surface area contributed by atoms with Crippen LogP contribution < -0.4 is 9.62 Å². The van der Waals surface area contributed by atoms with Crippen molar-refractivity contribution >= 4 is 39.1 Å². The fraction of sp³-hybridized carbons (Fsp3) is 0.222. The second-order valence-corrected chi connectivity index (χ2v) is 8.53. The first-order valence-electron chi connectivity index (χ1n) is 8.08. The Morgan fingerprint density at radius 3 is 2.48 bits per heavy atom. The molecule has 0 unspecified atom stereocenters. The molecule has 27 heavy (non-hydrogen) atoms. The maximum absolute atomic E-state index is 12.9. The summed E-state index contributed by atoms with van der Waals surface area (Å²) in [6, 6.07) is 9.68. The Bertz CT molecular complexity index is 1010. The van der Waals surface area contributed by atoms with Crippen molar-refractivity contribution in [2.24, 2.45) is 5.92 Å². The maximum Gasteiger partial charge on any atom is 0.253 e. The monoisotopic (exact) mass is 410 g/mol. The van der Waals surface area contributed by atoms with Crippen molar-refractivity contribution in [2.45, 2.75) is 13.5 Å². The van der Waals surface area contributed by atoms with Crippen LogP contribution in [0.5, 0.6) is 0 Å². The molecule has 1 fully saturated rings. The smallest absolute Gasteiger partial charge is 0.253 e. The fourth-order valence-electron chi connectivity index (χ4n) is 2.78. The Kier molecular flexibility index (Phi) is 5.21. The van der Waals surface area contributed by atoms with E-state index in [1.165, 1.54) is 30.3 Å². The number of nitrogens with zero attached hydrogens (tertiary/aromatic N) is 1. The van der Waals surface area contributed by atoms with Gasteiger partial charge in [-0.1, -0.05) is 30.7 Å². The van der Waals surface area contributed by atoms with Crippen LogP contribution in [-0.4, -0.2) is 26.0 Å². The van der Waals surface area contributed by atoms with Crippen molar-refractivity contribution in [3.05, 3.63) is 64.4 Å². The molecule has 2 aromatic rings. The number of rotatable bonds is 4. The normalized spacial score (nSPS) is 18.6. The third kappa shape index (κ3) is 3.96. The molecule has 0 bridgehead atoms. The van der Waals surface area contributed by atoms with Crippen LogP contribution in [0.15, 0.2) is 42.5 Å². The van der Waals surface area contributed by atoms with Gasteiger partial charge in [-0.3, -0.25) is 9.59 Å². The van der Waals surface area contributed by atoms with Gasteiger partial charge in [0.1, 0.15) is 5.82 Å². The second kappa shape index (κ2) is 7.28. The van der Waals surface area contributed by atoms with Gasteiger partial charge in [0.2, 0.25) is 15.9 Å². The number of hydrogen-bond acceptors (Lipinski definition) is 4. The molecular weight excluding hydrogens is 395 g/mol. The van der Waals surface area contributed by atoms with E-state index in [9.17, 15) is 22.4 Å². The quantitative estimate of drug-likeness (QED) is 0.840. The predicted molar refractivity (Wildman–Crippen MR) is 99.5 cm³/mol. The van der Waals surface area contributed by atoms with E-state index in [0.717, 1.165) is 4.31 Å². The zero-order valence-electron chi connectivity index (χ0n) is 14.3. The zero-order valence-corrected chi connectivity index (χ0v) is 15.8. The van der Waals surface area contributed by atoms with Crippen LogP contribution in [0.4, 0.5) is 10.1 Å². The van der Waals surface area contributed by atoms with Crippen LogP contribution in [0.25, 0.3) is 0 Å². The summed E-state index contributed by atoms with van der Waals surface area (Å²) in [5.41, 5.74) is 0.948. The minimum Gasteiger partial charge on any atom is -0.348 e. The zero-order chi connectivity index (χ0) is 19.8. The summed E-state index contributed by atoms with van der Waals surface area (Å²) in [6.07, 6.45) is 0. The molecule has 1 aliphatic heterocycles. The number of benzene rings is 2. The number of carbonyl (C=O) groups excluding carboxylic acids is 2. The van der Waals surface area contributed by atoms with E-state index < -0.39 is 27.8 Å². The lowest BCUT2D eigenvalue weighted by atomic mass is 10.1. The Morgan fingerprint density at radius 1 is 1.26 bits per heavy atom. The number of anilines is 1. The highest BCUT2D eigenvalue weighted by Gasteiger charge is 2.42. The van der Waals surface area contributed by atoms with Crippen molar-refractivity contribution in [1.29, 1.82) is 0 Å². The van der Waals surface area contributed by atoms with Gasteiger partial charge in [0.05, 0.1) is 27.9 Å². The topological polar surface area (TPSA) is 83.6 Å². The minimum absolute atomic E-state index is 0.0201. The number of sulfonamides is 1. The van der Waals surface area contributed by atoms with Crippen molar-refractivity contribution in [1.82, 2.24) is 5.32 Å². The summed E-state index contributed by atoms with van der Waals surface area (Å²) < 4.78 is 37.9. The highest BCUT2D eigenvalue weighted by molar-refractivity contribution is 7.94. The second-order valence-electron chi connectivity index (χ2n) is 6.26. The fourth-order valence-corrected chi connectivity index (χ4v) is 4.85. The van der Waals surface area contributed by atoms with E-state index in [-0.39, 0.29) is 34.4 Å². The molecular formula is C18H16ClFN2O4S. The number of halogens is 2. The van der Waals surface area contributed by atoms with Gasteiger partial charge in [0.15, 0.2) is 0 Å². The Labute approximate surface area is 161 Å². The number of hydrogen-bond donors (Lipinski definition) is 1. The molecule has 0 radical (unpaired) electrons. The molecule has 9 heteroatoms. The van der Waals surface area contributed by atoms with Crippen LogP contribution in [0.1, 0.15) is 22.8 Å². The van der Waals surface area contributed by atoms with E-state index in [2.05, 4.69) is 5.32 Å². The summed E-state index contributed by atoms with van der Waals surface area (Å²) in [7, 11) is -3.74. The van der Waals surface area contributed by atoms with Gasteiger partial charge >= 0.3 is 0 Å². The first kappa shape index (κ1) is 19.3. The minimum atomic E-state index is -3.74. The van der Waals surface area contributed by atoms with E-state index in [1.54, 1.807) is 19.1 Å². The van der Waals surface area contributed by atoms with Crippen LogP contribution in [-0.2, 0) is 21.4 Å². The SMILES string of the molecule is C[C@H]1CS(=O)(=O)N(c2ccc(C(=O)NCc3ccc(F)cc3)c(Cl)c2)C1=O. The summed E-state index contributed by atoms with van der Waals surface area (Å²) in [4.78, 5) is 24.4. The van der Waals surface area contributed by atoms with Crippen molar-refractivity contribution < 1.29 is 22.4 Å². The molecule has 1 atom stereocenters. The van der Waals surface area contributed by atoms with Gasteiger partial charge in [-0.25, -0.2) is 17.1 Å². The molecule has 0 aromatic heterocycles. The first-order valence-corrected chi connectivity index (χ1v) is 10.1. The van der Waals surface area contributed by atoms with Gasteiger partial charge in [0, 0.05) is 6.54 Å². The van der Waals surface area contributed by atoms with E-state index in [0.29, 0.717) is 5.56 Å². The third-order valence-electron chi connectivity index (χ3n) is 4.16. The van der Waals surface area contributed by atoms with E-state index in [1.807, 2.05) is 0 Å². The molecule has 0 aliphatic carbocycles. The van der Waals surface area contributed by atoms with Crippen molar-refractivity contribution in [2.75, 3.05) is 10.1 Å². The third-order valence-corrected chi connectivity index (χ3v) is 6.34. The van der Waals surface area contributed by atoms with Crippen LogP contribution >= 0.6 is 11.6 Å². The standard InChI is InChI=1S/C18H16ClFN2O4S/c1-11-10-27(25,26)22(18(11)24)14-6-7-15(16(19)8-14)17(23)21-9-12-2-4-13(20)5-3-12/h2-8,11H,9-10H2,1H3,(H,21,23)/t11-/m0/s1. The molecule has 0 spiro atoms. The maximum atomic E-state index is 12.9. The molecule has 142 valence electrons. The molecule has 2 aromatic carbocycles. The van der Waals surface area contributed by atoms with Gasteiger partial charge in [-0.2, -0.15) is 0 Å². The first-order chi connectivity index (χ1) is 12.7. The number of nitrogens with one attached hydrogen (secondary N) is 1. The number of amides is 2. The van der Waals surface area contributed by atoms with Gasteiger partial charge in [-0.05, 0) is 35.9 Å². The van der Waals surface area contributed by atoms with Gasteiger partial charge in [0.25, 0.3) is 5.91 Å². The molecule has 6 nitrogen and oxygen atoms in total. The predicted octanol–water partition coefficient (Wildman–Crippen LogP) is 2.72. The lowest BCUT2D eigenvalue weighted by molar-refractivity contribution is -0.119. The molecule has 1 saturated heterocycles. The summed E-state index contributed by atoms with van der Waals surface area (Å²) in [5.74, 6) is -2.26. The molecule has 1 aliphatic rings. The Hall–Kier alpha value is -2.45. The Morgan fingerprint density at radius 2 is 1.93 bits per heavy atom. The van der Waals surface area contributed by atoms with Crippen molar-refractivity contribution in [3.8, 4) is 0 Å². The molecule has 0 saturated carbocycles. The highest BCUT2D eigenvalue weighted by Crippen LogP contribution is 2.31. The summed E-state index contributed by atoms with van der Waals surface area (Å²) in [5, 5.41) is 2.67. The average Bonchev–Trinajstić information content (AvgIpc) is 2.81. The van der Waals surface area contributed by atoms with Gasteiger partial charge < -0.3 is 5.32 Å². The molecule has 1 N–H and O–H groups in total. The molecule has 3 rings (SSSR count). The summed E-state index contributed by atoms with van der Waals surface area (Å²) >= 11 is 6.14. The van der Waals surface area contributed by atoms with E-state index >= 15 is 0 Å². The summed E-state index contributed by atoms with van der Waals surface area (Å²) in [6.45, 7) is 1.71. The van der Waals surface area contributed by atoms with Crippen molar-refractivity contribution in [3.63, 3.8) is 0 Å². The number of carbonyl (C=O) groups is 2. The van der Waals surface area contributed by atoms with E-state index in [4.69, 9.17) is 11.6 Å². The van der Waals surface area contributed by atoms with Crippen LogP contribution in [0.2, 0.25) is 5.02 Å². The molecule has 2 amide bonds. The van der Waals surface area contributed by atoms with Crippen LogP contribution in [0.3, 0.4) is 0 Å².